The number of carbonyl (C=O) groups is 1. The molecule has 0 atom stereocenters. The number of carbonyl (C=O) groups excluding carboxylic acids is 1. The molecule has 3 nitrogen and oxygen atoms in total. The van der Waals surface area contributed by atoms with Gasteiger partial charge < -0.3 is 10.1 Å². The van der Waals surface area contributed by atoms with Crippen molar-refractivity contribution in [2.75, 3.05) is 6.61 Å². The molecular formula is C18H19Cl2NO2. The number of benzene rings is 2. The maximum Gasteiger partial charge on any atom is 0.224 e. The van der Waals surface area contributed by atoms with Crippen molar-refractivity contribution >= 4 is 29.1 Å². The van der Waals surface area contributed by atoms with Gasteiger partial charge in [-0.2, -0.15) is 0 Å². The first-order valence-electron chi connectivity index (χ1n) is 7.45. The van der Waals surface area contributed by atoms with Crippen LogP contribution in [0.4, 0.5) is 0 Å². The van der Waals surface area contributed by atoms with Gasteiger partial charge in [-0.05, 0) is 35.7 Å². The largest absolute Gasteiger partial charge is 0.377 e. The molecule has 0 bridgehead atoms. The summed E-state index contributed by atoms with van der Waals surface area (Å²) in [6.07, 6.45) is 0.226. The van der Waals surface area contributed by atoms with E-state index in [1.807, 2.05) is 31.2 Å². The van der Waals surface area contributed by atoms with E-state index in [9.17, 15) is 4.79 Å². The van der Waals surface area contributed by atoms with Gasteiger partial charge in [0, 0.05) is 23.2 Å². The highest BCUT2D eigenvalue weighted by Crippen LogP contribution is 2.21. The molecule has 0 aliphatic heterocycles. The zero-order chi connectivity index (χ0) is 16.7. The minimum atomic E-state index is -0.0829. The van der Waals surface area contributed by atoms with Crippen LogP contribution in [0, 0.1) is 0 Å². The fourth-order valence-electron chi connectivity index (χ4n) is 2.18. The number of hydrogen-bond acceptors (Lipinski definition) is 2. The molecule has 0 aliphatic rings. The standard InChI is InChI=1S/C18H19Cl2NO2/c1-2-23-12-15-6-4-3-5-14(15)11-21-18(22)9-13-7-8-16(19)10-17(13)20/h3-8,10H,2,9,11-12H2,1H3,(H,21,22). The molecule has 1 N–H and O–H groups in total. The highest BCUT2D eigenvalue weighted by molar-refractivity contribution is 6.35. The Morgan fingerprint density at radius 2 is 1.83 bits per heavy atom. The third-order valence-electron chi connectivity index (χ3n) is 3.42. The summed E-state index contributed by atoms with van der Waals surface area (Å²) >= 11 is 11.9. The van der Waals surface area contributed by atoms with Crippen LogP contribution in [0.1, 0.15) is 23.6 Å². The topological polar surface area (TPSA) is 38.3 Å². The highest BCUT2D eigenvalue weighted by Gasteiger charge is 2.09. The average molecular weight is 352 g/mol. The van der Waals surface area contributed by atoms with E-state index < -0.39 is 0 Å². The van der Waals surface area contributed by atoms with E-state index in [1.165, 1.54) is 0 Å². The monoisotopic (exact) mass is 351 g/mol. The second-order valence-electron chi connectivity index (χ2n) is 5.10. The number of nitrogens with one attached hydrogen (secondary N) is 1. The third kappa shape index (κ3) is 5.54. The molecule has 0 unspecified atom stereocenters. The summed E-state index contributed by atoms with van der Waals surface area (Å²) < 4.78 is 5.45. The van der Waals surface area contributed by atoms with Gasteiger partial charge in [0.25, 0.3) is 0 Å². The Hall–Kier alpha value is -1.55. The molecule has 0 fully saturated rings. The van der Waals surface area contributed by atoms with E-state index in [1.54, 1.807) is 18.2 Å². The number of amides is 1. The molecule has 0 radical (unpaired) electrons. The first-order chi connectivity index (χ1) is 11.1. The maximum atomic E-state index is 12.1. The quantitative estimate of drug-likeness (QED) is 0.803. The average Bonchev–Trinajstić information content (AvgIpc) is 2.54. The Bertz CT molecular complexity index is 674. The van der Waals surface area contributed by atoms with Gasteiger partial charge in [0.05, 0.1) is 13.0 Å². The van der Waals surface area contributed by atoms with E-state index >= 15 is 0 Å². The summed E-state index contributed by atoms with van der Waals surface area (Å²) in [4.78, 5) is 12.1. The molecule has 0 spiro atoms. The number of hydrogen-bond donors (Lipinski definition) is 1. The summed E-state index contributed by atoms with van der Waals surface area (Å²) in [5, 5.41) is 3.98. The Kier molecular flexibility index (Phi) is 6.90. The van der Waals surface area contributed by atoms with Crippen LogP contribution in [0.25, 0.3) is 0 Å². The molecule has 0 aliphatic carbocycles. The molecule has 2 rings (SSSR count). The summed E-state index contributed by atoms with van der Waals surface area (Å²) in [5.41, 5.74) is 2.90. The van der Waals surface area contributed by atoms with Gasteiger partial charge in [0.1, 0.15) is 0 Å². The van der Waals surface area contributed by atoms with Crippen LogP contribution in [0.5, 0.6) is 0 Å². The van der Waals surface area contributed by atoms with Crippen LogP contribution >= 0.6 is 23.2 Å². The van der Waals surface area contributed by atoms with Gasteiger partial charge >= 0.3 is 0 Å². The zero-order valence-electron chi connectivity index (χ0n) is 12.9. The Labute approximate surface area is 146 Å². The first-order valence-corrected chi connectivity index (χ1v) is 8.21. The van der Waals surface area contributed by atoms with Crippen molar-refractivity contribution in [3.8, 4) is 0 Å². The summed E-state index contributed by atoms with van der Waals surface area (Å²) in [6.45, 7) is 3.63. The van der Waals surface area contributed by atoms with E-state index in [2.05, 4.69) is 5.32 Å². The summed E-state index contributed by atoms with van der Waals surface area (Å²) in [6, 6.07) is 13.1. The van der Waals surface area contributed by atoms with Crippen molar-refractivity contribution in [3.05, 3.63) is 69.2 Å². The Morgan fingerprint density at radius 1 is 1.09 bits per heavy atom. The lowest BCUT2D eigenvalue weighted by atomic mass is 10.1. The van der Waals surface area contributed by atoms with Gasteiger partial charge in [0.2, 0.25) is 5.91 Å². The number of rotatable bonds is 7. The van der Waals surface area contributed by atoms with Crippen LogP contribution in [0.15, 0.2) is 42.5 Å². The molecule has 23 heavy (non-hydrogen) atoms. The van der Waals surface area contributed by atoms with Gasteiger partial charge in [0.15, 0.2) is 0 Å². The number of ether oxygens (including phenoxy) is 1. The molecule has 0 heterocycles. The van der Waals surface area contributed by atoms with Crippen molar-refractivity contribution in [2.24, 2.45) is 0 Å². The number of halogens is 2. The molecule has 0 aromatic heterocycles. The van der Waals surface area contributed by atoms with Crippen molar-refractivity contribution in [3.63, 3.8) is 0 Å². The zero-order valence-corrected chi connectivity index (χ0v) is 14.5. The minimum absolute atomic E-state index is 0.0829. The predicted octanol–water partition coefficient (Wildman–Crippen LogP) is 4.39. The van der Waals surface area contributed by atoms with Gasteiger partial charge in [-0.1, -0.05) is 53.5 Å². The lowest BCUT2D eigenvalue weighted by Gasteiger charge is -2.11. The summed E-state index contributed by atoms with van der Waals surface area (Å²) in [7, 11) is 0. The van der Waals surface area contributed by atoms with Gasteiger partial charge in [-0.3, -0.25) is 4.79 Å². The Morgan fingerprint density at radius 3 is 2.52 bits per heavy atom. The van der Waals surface area contributed by atoms with Crippen LogP contribution in [0.3, 0.4) is 0 Å². The second-order valence-corrected chi connectivity index (χ2v) is 5.94. The van der Waals surface area contributed by atoms with Crippen LogP contribution < -0.4 is 5.32 Å². The van der Waals surface area contributed by atoms with Crippen LogP contribution in [-0.2, 0) is 29.1 Å². The molecule has 2 aromatic rings. The van der Waals surface area contributed by atoms with E-state index in [0.717, 1.165) is 16.7 Å². The first kappa shape index (κ1) is 17.8. The minimum Gasteiger partial charge on any atom is -0.377 e. The fraction of sp³-hybridized carbons (Fsp3) is 0.278. The molecule has 5 heteroatoms. The van der Waals surface area contributed by atoms with E-state index in [4.69, 9.17) is 27.9 Å². The fourth-order valence-corrected chi connectivity index (χ4v) is 2.65. The lowest BCUT2D eigenvalue weighted by Crippen LogP contribution is -2.25. The Balaban J connectivity index is 1.94. The smallest absolute Gasteiger partial charge is 0.224 e. The molecule has 0 saturated carbocycles. The predicted molar refractivity (Wildman–Crippen MR) is 93.8 cm³/mol. The van der Waals surface area contributed by atoms with Gasteiger partial charge in [-0.25, -0.2) is 0 Å². The molecule has 0 saturated heterocycles. The van der Waals surface area contributed by atoms with E-state index in [0.29, 0.717) is 29.8 Å². The van der Waals surface area contributed by atoms with E-state index in [-0.39, 0.29) is 12.3 Å². The van der Waals surface area contributed by atoms with Crippen molar-refractivity contribution in [1.82, 2.24) is 5.32 Å². The molecule has 1 amide bonds. The lowest BCUT2D eigenvalue weighted by molar-refractivity contribution is -0.120. The molecule has 122 valence electrons. The van der Waals surface area contributed by atoms with Crippen LogP contribution in [-0.4, -0.2) is 12.5 Å². The maximum absolute atomic E-state index is 12.1. The SMILES string of the molecule is CCOCc1ccccc1CNC(=O)Cc1ccc(Cl)cc1Cl. The van der Waals surface area contributed by atoms with Crippen molar-refractivity contribution in [2.45, 2.75) is 26.5 Å². The van der Waals surface area contributed by atoms with Crippen molar-refractivity contribution in [1.29, 1.82) is 0 Å². The summed E-state index contributed by atoms with van der Waals surface area (Å²) in [5.74, 6) is -0.0829. The molecule has 2 aromatic carbocycles. The van der Waals surface area contributed by atoms with Crippen molar-refractivity contribution < 1.29 is 9.53 Å². The highest BCUT2D eigenvalue weighted by atomic mass is 35.5. The third-order valence-corrected chi connectivity index (χ3v) is 4.01. The molecular weight excluding hydrogens is 333 g/mol. The second kappa shape index (κ2) is 8.92. The van der Waals surface area contributed by atoms with Crippen LogP contribution in [0.2, 0.25) is 10.0 Å². The van der Waals surface area contributed by atoms with Gasteiger partial charge in [-0.15, -0.1) is 0 Å². The normalized spacial score (nSPS) is 10.6.